The Hall–Kier alpha value is -3.10. The SMILES string of the molecule is CNS(=O)(=O)c1ccc(C(=O)NCc2ccc(Oc3ccccc3)cc2)o1. The standard InChI is InChI=1S/C19H18N2O5S/c1-20-27(23,24)18-12-11-17(26-18)19(22)21-13-14-7-9-16(10-8-14)25-15-5-3-2-4-6-15/h2-12,20H,13H2,1H3,(H,21,22). The molecule has 0 unspecified atom stereocenters. The molecule has 140 valence electrons. The van der Waals surface area contributed by atoms with Crippen LogP contribution < -0.4 is 14.8 Å². The van der Waals surface area contributed by atoms with Crippen molar-refractivity contribution >= 4 is 15.9 Å². The smallest absolute Gasteiger partial charge is 0.287 e. The maximum Gasteiger partial charge on any atom is 0.287 e. The highest BCUT2D eigenvalue weighted by Gasteiger charge is 2.19. The van der Waals surface area contributed by atoms with Gasteiger partial charge < -0.3 is 14.5 Å². The lowest BCUT2D eigenvalue weighted by atomic mass is 10.2. The van der Waals surface area contributed by atoms with Crippen LogP contribution in [-0.4, -0.2) is 21.4 Å². The van der Waals surface area contributed by atoms with E-state index in [1.807, 2.05) is 42.5 Å². The Morgan fingerprint density at radius 2 is 1.63 bits per heavy atom. The van der Waals surface area contributed by atoms with E-state index in [-0.39, 0.29) is 17.4 Å². The fourth-order valence-electron chi connectivity index (χ4n) is 2.26. The minimum atomic E-state index is -3.72. The Morgan fingerprint density at radius 3 is 2.30 bits per heavy atom. The third-order valence-corrected chi connectivity index (χ3v) is 4.98. The van der Waals surface area contributed by atoms with Crippen molar-refractivity contribution in [2.24, 2.45) is 0 Å². The normalized spacial score (nSPS) is 11.1. The number of rotatable bonds is 7. The molecular weight excluding hydrogens is 368 g/mol. The van der Waals surface area contributed by atoms with Crippen molar-refractivity contribution in [1.82, 2.24) is 10.0 Å². The number of benzene rings is 2. The highest BCUT2D eigenvalue weighted by Crippen LogP contribution is 2.21. The second kappa shape index (κ2) is 8.07. The second-order valence-electron chi connectivity index (χ2n) is 5.57. The molecule has 0 saturated carbocycles. The van der Waals surface area contributed by atoms with Gasteiger partial charge in [-0.15, -0.1) is 0 Å². The van der Waals surface area contributed by atoms with Gasteiger partial charge in [0.05, 0.1) is 0 Å². The van der Waals surface area contributed by atoms with Gasteiger partial charge in [-0.3, -0.25) is 4.79 Å². The van der Waals surface area contributed by atoms with E-state index in [9.17, 15) is 13.2 Å². The Bertz CT molecular complexity index is 1010. The Balaban J connectivity index is 1.58. The fourth-order valence-corrected chi connectivity index (χ4v) is 2.90. The van der Waals surface area contributed by atoms with Crippen LogP contribution in [0.2, 0.25) is 0 Å². The highest BCUT2D eigenvalue weighted by atomic mass is 32.2. The molecule has 0 aliphatic carbocycles. The van der Waals surface area contributed by atoms with Gasteiger partial charge in [0.1, 0.15) is 11.5 Å². The van der Waals surface area contributed by atoms with E-state index in [0.717, 1.165) is 11.3 Å². The molecule has 0 aliphatic heterocycles. The van der Waals surface area contributed by atoms with Gasteiger partial charge in [0.25, 0.3) is 15.9 Å². The van der Waals surface area contributed by atoms with Gasteiger partial charge >= 0.3 is 0 Å². The number of ether oxygens (including phenoxy) is 1. The summed E-state index contributed by atoms with van der Waals surface area (Å²) in [6.07, 6.45) is 0. The van der Waals surface area contributed by atoms with Crippen molar-refractivity contribution in [1.29, 1.82) is 0 Å². The number of hydrogen-bond acceptors (Lipinski definition) is 5. The molecule has 3 aromatic rings. The lowest BCUT2D eigenvalue weighted by Crippen LogP contribution is -2.22. The number of furan rings is 1. The molecule has 8 heteroatoms. The third-order valence-electron chi connectivity index (χ3n) is 3.69. The summed E-state index contributed by atoms with van der Waals surface area (Å²) in [6.45, 7) is 0.263. The Morgan fingerprint density at radius 1 is 0.963 bits per heavy atom. The minimum absolute atomic E-state index is 0.0761. The molecule has 0 atom stereocenters. The van der Waals surface area contributed by atoms with Gasteiger partial charge in [-0.25, -0.2) is 13.1 Å². The summed E-state index contributed by atoms with van der Waals surface area (Å²) in [5, 5.41) is 2.37. The van der Waals surface area contributed by atoms with Crippen molar-refractivity contribution < 1.29 is 22.4 Å². The van der Waals surface area contributed by atoms with Gasteiger partial charge in [0, 0.05) is 6.54 Å². The van der Waals surface area contributed by atoms with Crippen LogP contribution in [0.25, 0.3) is 0 Å². The lowest BCUT2D eigenvalue weighted by molar-refractivity contribution is 0.0918. The number of nitrogens with one attached hydrogen (secondary N) is 2. The first-order valence-electron chi connectivity index (χ1n) is 8.11. The van der Waals surface area contributed by atoms with E-state index in [0.29, 0.717) is 5.75 Å². The van der Waals surface area contributed by atoms with Crippen LogP contribution >= 0.6 is 0 Å². The molecule has 1 heterocycles. The largest absolute Gasteiger partial charge is 0.457 e. The summed E-state index contributed by atoms with van der Waals surface area (Å²) in [6, 6.07) is 19.2. The van der Waals surface area contributed by atoms with E-state index in [1.165, 1.54) is 19.2 Å². The minimum Gasteiger partial charge on any atom is -0.457 e. The maximum absolute atomic E-state index is 12.1. The van der Waals surface area contributed by atoms with Gasteiger partial charge in [-0.1, -0.05) is 30.3 Å². The molecule has 7 nitrogen and oxygen atoms in total. The topological polar surface area (TPSA) is 97.6 Å². The fraction of sp³-hybridized carbons (Fsp3) is 0.105. The zero-order valence-electron chi connectivity index (χ0n) is 14.5. The van der Waals surface area contributed by atoms with Crippen LogP contribution in [0, 0.1) is 0 Å². The molecule has 0 aliphatic rings. The molecule has 0 fully saturated rings. The van der Waals surface area contributed by atoms with E-state index in [2.05, 4.69) is 10.0 Å². The van der Waals surface area contributed by atoms with Crippen molar-refractivity contribution in [3.05, 3.63) is 78.1 Å². The predicted octanol–water partition coefficient (Wildman–Crippen LogP) is 2.91. The average molecular weight is 386 g/mol. The zero-order valence-corrected chi connectivity index (χ0v) is 15.3. The van der Waals surface area contributed by atoms with Crippen molar-refractivity contribution in [2.45, 2.75) is 11.6 Å². The van der Waals surface area contributed by atoms with Gasteiger partial charge in [-0.05, 0) is 49.0 Å². The molecule has 3 rings (SSSR count). The zero-order chi connectivity index (χ0) is 19.3. The number of hydrogen-bond donors (Lipinski definition) is 2. The number of carbonyl (C=O) groups excluding carboxylic acids is 1. The Kier molecular flexibility index (Phi) is 5.58. The second-order valence-corrected chi connectivity index (χ2v) is 7.39. The summed E-state index contributed by atoms with van der Waals surface area (Å²) in [4.78, 5) is 12.1. The van der Waals surface area contributed by atoms with Gasteiger partial charge in [0.2, 0.25) is 5.09 Å². The average Bonchev–Trinajstić information content (AvgIpc) is 3.19. The molecule has 27 heavy (non-hydrogen) atoms. The summed E-state index contributed by atoms with van der Waals surface area (Å²) < 4.78 is 36.2. The third kappa shape index (κ3) is 4.75. The summed E-state index contributed by atoms with van der Waals surface area (Å²) in [7, 11) is -2.45. The summed E-state index contributed by atoms with van der Waals surface area (Å²) in [5.41, 5.74) is 0.860. The van der Waals surface area contributed by atoms with E-state index in [1.54, 1.807) is 12.1 Å². The molecule has 2 N–H and O–H groups in total. The molecule has 0 spiro atoms. The first-order valence-corrected chi connectivity index (χ1v) is 9.60. The van der Waals surface area contributed by atoms with Crippen LogP contribution in [-0.2, 0) is 16.6 Å². The maximum atomic E-state index is 12.1. The number of amides is 1. The number of para-hydroxylation sites is 1. The van der Waals surface area contributed by atoms with Crippen LogP contribution in [0.5, 0.6) is 11.5 Å². The van der Waals surface area contributed by atoms with E-state index >= 15 is 0 Å². The molecule has 0 radical (unpaired) electrons. The van der Waals surface area contributed by atoms with Gasteiger partial charge in [-0.2, -0.15) is 0 Å². The van der Waals surface area contributed by atoms with Crippen molar-refractivity contribution in [3.8, 4) is 11.5 Å². The highest BCUT2D eigenvalue weighted by molar-refractivity contribution is 7.89. The first-order chi connectivity index (χ1) is 13.0. The summed E-state index contributed by atoms with van der Waals surface area (Å²) >= 11 is 0. The first kappa shape index (κ1) is 18.7. The predicted molar refractivity (Wildman–Crippen MR) is 99.1 cm³/mol. The lowest BCUT2D eigenvalue weighted by Gasteiger charge is -2.07. The molecule has 1 amide bonds. The molecule has 2 aromatic carbocycles. The van der Waals surface area contributed by atoms with E-state index < -0.39 is 15.9 Å². The quantitative estimate of drug-likeness (QED) is 0.651. The van der Waals surface area contributed by atoms with Crippen LogP contribution in [0.1, 0.15) is 16.1 Å². The molecule has 1 aromatic heterocycles. The number of sulfonamides is 1. The Labute approximate surface area is 157 Å². The van der Waals surface area contributed by atoms with Crippen molar-refractivity contribution in [2.75, 3.05) is 7.05 Å². The molecule has 0 bridgehead atoms. The van der Waals surface area contributed by atoms with Crippen LogP contribution in [0.3, 0.4) is 0 Å². The molecular formula is C19H18N2O5S. The number of carbonyl (C=O) groups is 1. The van der Waals surface area contributed by atoms with E-state index in [4.69, 9.17) is 9.15 Å². The molecule has 0 saturated heterocycles. The van der Waals surface area contributed by atoms with Gasteiger partial charge in [0.15, 0.2) is 5.76 Å². The van der Waals surface area contributed by atoms with Crippen LogP contribution in [0.4, 0.5) is 0 Å². The monoisotopic (exact) mass is 386 g/mol. The summed E-state index contributed by atoms with van der Waals surface area (Å²) in [5.74, 6) is 0.845. The van der Waals surface area contributed by atoms with Crippen LogP contribution in [0.15, 0.2) is 76.2 Å². The van der Waals surface area contributed by atoms with Crippen molar-refractivity contribution in [3.63, 3.8) is 0 Å².